The smallest absolute Gasteiger partial charge is 0.341 e. The van der Waals surface area contributed by atoms with E-state index in [-0.39, 0.29) is 27.1 Å². The van der Waals surface area contributed by atoms with E-state index in [1.165, 1.54) is 18.9 Å². The summed E-state index contributed by atoms with van der Waals surface area (Å²) in [4.78, 5) is 38.8. The van der Waals surface area contributed by atoms with Crippen LogP contribution in [0, 0.1) is 6.92 Å². The number of methoxy groups -OCH3 is 1. The van der Waals surface area contributed by atoms with Gasteiger partial charge in [0.2, 0.25) is 5.91 Å². The molecule has 184 valence electrons. The van der Waals surface area contributed by atoms with Crippen molar-refractivity contribution in [2.75, 3.05) is 37.2 Å². The lowest BCUT2D eigenvalue weighted by Gasteiger charge is -2.14. The van der Waals surface area contributed by atoms with Gasteiger partial charge < -0.3 is 20.7 Å². The quantitative estimate of drug-likeness (QED) is 0.239. The fraction of sp³-hybridized carbons (Fsp3) is 0.261. The fourth-order valence-electron chi connectivity index (χ4n) is 3.30. The Bertz CT molecular complexity index is 1280. The van der Waals surface area contributed by atoms with E-state index >= 15 is 0 Å². The number of nitrogens with two attached hydrogens (primary N) is 1. The summed E-state index contributed by atoms with van der Waals surface area (Å²) in [6, 6.07) is 7.90. The third kappa shape index (κ3) is 5.72. The molecular formula is C23H26N6O4S2. The molecule has 35 heavy (non-hydrogen) atoms. The normalized spacial score (nSPS) is 10.6. The molecule has 3 rings (SSSR count). The average Bonchev–Trinajstić information content (AvgIpc) is 3.38. The van der Waals surface area contributed by atoms with E-state index in [1.54, 1.807) is 13.0 Å². The molecule has 2 aromatic heterocycles. The van der Waals surface area contributed by atoms with E-state index in [0.717, 1.165) is 22.6 Å². The Morgan fingerprint density at radius 2 is 2.06 bits per heavy atom. The number of benzene rings is 1. The van der Waals surface area contributed by atoms with Gasteiger partial charge in [-0.15, -0.1) is 28.1 Å². The number of carbonyl (C=O) groups excluding carboxylic acids is 3. The molecule has 2 heterocycles. The van der Waals surface area contributed by atoms with E-state index in [1.807, 2.05) is 47.8 Å². The second kappa shape index (κ2) is 11.2. The summed E-state index contributed by atoms with van der Waals surface area (Å²) in [6.45, 7) is 5.85. The van der Waals surface area contributed by atoms with Crippen molar-refractivity contribution in [2.24, 2.45) is 5.73 Å². The first-order valence-electron chi connectivity index (χ1n) is 10.4. The first-order chi connectivity index (χ1) is 16.7. The number of anilines is 2. The Morgan fingerprint density at radius 1 is 1.31 bits per heavy atom. The summed E-state index contributed by atoms with van der Waals surface area (Å²) in [7, 11) is 5.14. The monoisotopic (exact) mass is 514 g/mol. The van der Waals surface area contributed by atoms with Gasteiger partial charge in [-0.3, -0.25) is 14.2 Å². The standard InChI is InChI=1S/C23H26N6O4S2/c1-6-10-29-20(14-8-7-9-15(11-14)28(3)4)26-27-23(29)34-12-16(30)25-21-17(22(32)33-5)13(2)18(35-21)19(24)31/h6-9,11H,1,10,12H2,2-5H3,(H2,24,31)(H,25,30). The van der Waals surface area contributed by atoms with E-state index in [4.69, 9.17) is 10.5 Å². The zero-order chi connectivity index (χ0) is 25.7. The van der Waals surface area contributed by atoms with Crippen LogP contribution < -0.4 is 16.0 Å². The molecule has 2 amide bonds. The third-order valence-electron chi connectivity index (χ3n) is 4.99. The molecule has 12 heteroatoms. The van der Waals surface area contributed by atoms with Crippen LogP contribution >= 0.6 is 23.1 Å². The van der Waals surface area contributed by atoms with E-state index in [0.29, 0.717) is 23.1 Å². The number of primary amides is 1. The number of amides is 2. The van der Waals surface area contributed by atoms with Gasteiger partial charge in [0.15, 0.2) is 11.0 Å². The predicted molar refractivity (Wildman–Crippen MR) is 138 cm³/mol. The average molecular weight is 515 g/mol. The van der Waals surface area contributed by atoms with E-state index < -0.39 is 11.9 Å². The van der Waals surface area contributed by atoms with Crippen molar-refractivity contribution >= 4 is 51.6 Å². The molecule has 0 spiro atoms. The highest BCUT2D eigenvalue weighted by Crippen LogP contribution is 2.34. The Kier molecular flexibility index (Phi) is 8.30. The number of nitrogens with one attached hydrogen (secondary N) is 1. The summed E-state index contributed by atoms with van der Waals surface area (Å²) < 4.78 is 6.67. The van der Waals surface area contributed by atoms with Crippen molar-refractivity contribution in [1.82, 2.24) is 14.8 Å². The minimum absolute atomic E-state index is 0.00349. The summed E-state index contributed by atoms with van der Waals surface area (Å²) in [6.07, 6.45) is 1.73. The van der Waals surface area contributed by atoms with Gasteiger partial charge in [0.1, 0.15) is 5.00 Å². The summed E-state index contributed by atoms with van der Waals surface area (Å²) >= 11 is 2.13. The van der Waals surface area contributed by atoms with Crippen molar-refractivity contribution in [2.45, 2.75) is 18.6 Å². The maximum Gasteiger partial charge on any atom is 0.341 e. The Balaban J connectivity index is 1.81. The molecule has 3 aromatic rings. The maximum atomic E-state index is 12.7. The Morgan fingerprint density at radius 3 is 2.69 bits per heavy atom. The molecular weight excluding hydrogens is 488 g/mol. The van der Waals surface area contributed by atoms with Gasteiger partial charge >= 0.3 is 5.97 Å². The third-order valence-corrected chi connectivity index (χ3v) is 7.18. The number of thiophene rings is 1. The van der Waals surface area contributed by atoms with Crippen LogP contribution in [-0.2, 0) is 16.1 Å². The number of esters is 1. The second-order valence-electron chi connectivity index (χ2n) is 7.60. The lowest BCUT2D eigenvalue weighted by molar-refractivity contribution is -0.113. The van der Waals surface area contributed by atoms with Gasteiger partial charge in [-0.05, 0) is 24.6 Å². The zero-order valence-corrected chi connectivity index (χ0v) is 21.5. The van der Waals surface area contributed by atoms with Gasteiger partial charge in [-0.25, -0.2) is 4.79 Å². The molecule has 3 N–H and O–H groups in total. The van der Waals surface area contributed by atoms with Crippen LogP contribution in [0.1, 0.15) is 25.6 Å². The molecule has 0 aliphatic carbocycles. The van der Waals surface area contributed by atoms with Crippen LogP contribution in [0.2, 0.25) is 0 Å². The largest absolute Gasteiger partial charge is 0.465 e. The number of rotatable bonds is 10. The molecule has 0 atom stereocenters. The first kappa shape index (κ1) is 26.0. The molecule has 0 unspecified atom stereocenters. The van der Waals surface area contributed by atoms with Crippen LogP contribution in [0.3, 0.4) is 0 Å². The highest BCUT2D eigenvalue weighted by molar-refractivity contribution is 7.99. The SMILES string of the molecule is C=CCn1c(SCC(=O)Nc2sc(C(N)=O)c(C)c2C(=O)OC)nnc1-c1cccc(N(C)C)c1. The minimum Gasteiger partial charge on any atom is -0.465 e. The number of nitrogens with zero attached hydrogens (tertiary/aromatic N) is 4. The van der Waals surface area contributed by atoms with Gasteiger partial charge in [-0.1, -0.05) is 30.0 Å². The number of hydrogen-bond acceptors (Lipinski definition) is 9. The van der Waals surface area contributed by atoms with Gasteiger partial charge in [0.25, 0.3) is 5.91 Å². The summed E-state index contributed by atoms with van der Waals surface area (Å²) in [5.41, 5.74) is 7.79. The molecule has 0 bridgehead atoms. The van der Waals surface area contributed by atoms with Crippen molar-refractivity contribution in [3.63, 3.8) is 0 Å². The van der Waals surface area contributed by atoms with Crippen LogP contribution in [0.15, 0.2) is 42.1 Å². The lowest BCUT2D eigenvalue weighted by Crippen LogP contribution is -2.16. The molecule has 1 aromatic carbocycles. The van der Waals surface area contributed by atoms with Crippen LogP contribution in [0.5, 0.6) is 0 Å². The van der Waals surface area contributed by atoms with Crippen molar-refractivity contribution in [1.29, 1.82) is 0 Å². The van der Waals surface area contributed by atoms with Crippen LogP contribution in [0.4, 0.5) is 10.7 Å². The Labute approximate surface area is 211 Å². The number of allylic oxidation sites excluding steroid dienone is 1. The van der Waals surface area contributed by atoms with Gasteiger partial charge in [-0.2, -0.15) is 0 Å². The number of carbonyl (C=O) groups is 3. The molecule has 0 aliphatic heterocycles. The molecule has 0 saturated heterocycles. The van der Waals surface area contributed by atoms with Crippen LogP contribution in [0.25, 0.3) is 11.4 Å². The molecule has 0 saturated carbocycles. The van der Waals surface area contributed by atoms with Crippen LogP contribution in [-0.4, -0.2) is 59.5 Å². The van der Waals surface area contributed by atoms with Crippen molar-refractivity contribution in [3.05, 3.63) is 52.9 Å². The zero-order valence-electron chi connectivity index (χ0n) is 19.8. The molecule has 0 aliphatic rings. The maximum absolute atomic E-state index is 12.7. The van der Waals surface area contributed by atoms with Gasteiger partial charge in [0, 0.05) is 31.9 Å². The fourth-order valence-corrected chi connectivity index (χ4v) is 5.11. The topological polar surface area (TPSA) is 132 Å². The lowest BCUT2D eigenvalue weighted by atomic mass is 10.1. The number of ether oxygens (including phenoxy) is 1. The van der Waals surface area contributed by atoms with Crippen molar-refractivity contribution in [3.8, 4) is 11.4 Å². The van der Waals surface area contributed by atoms with Gasteiger partial charge in [0.05, 0.1) is 23.3 Å². The van der Waals surface area contributed by atoms with Crippen molar-refractivity contribution < 1.29 is 19.1 Å². The molecule has 0 fully saturated rings. The predicted octanol–water partition coefficient (Wildman–Crippen LogP) is 3.18. The minimum atomic E-state index is -0.684. The van der Waals surface area contributed by atoms with E-state index in [2.05, 4.69) is 22.1 Å². The second-order valence-corrected chi connectivity index (χ2v) is 9.57. The molecule has 10 nitrogen and oxygen atoms in total. The number of hydrogen-bond donors (Lipinski definition) is 2. The number of thioether (sulfide) groups is 1. The number of aromatic nitrogens is 3. The highest BCUT2D eigenvalue weighted by Gasteiger charge is 2.25. The Hall–Kier alpha value is -3.64. The summed E-state index contributed by atoms with van der Waals surface area (Å²) in [5.74, 6) is -1.08. The molecule has 0 radical (unpaired) electrons. The first-order valence-corrected chi connectivity index (χ1v) is 12.2. The summed E-state index contributed by atoms with van der Waals surface area (Å²) in [5, 5.41) is 12.0. The highest BCUT2D eigenvalue weighted by atomic mass is 32.2. The van der Waals surface area contributed by atoms with E-state index in [9.17, 15) is 14.4 Å².